The summed E-state index contributed by atoms with van der Waals surface area (Å²) in [6.07, 6.45) is 3.76. The molecule has 0 saturated carbocycles. The molecule has 1 N–H and O–H groups in total. The SMILES string of the molecule is CCCCS(=O)(=O)Oc1ccc(CCCc2ccccc2O)cc1OC. The quantitative estimate of drug-likeness (QED) is 0.631. The van der Waals surface area contributed by atoms with Gasteiger partial charge in [0.1, 0.15) is 5.75 Å². The van der Waals surface area contributed by atoms with E-state index in [4.69, 9.17) is 8.92 Å². The molecular formula is C20H26O5S. The third-order valence-electron chi connectivity index (χ3n) is 4.10. The Labute approximate surface area is 155 Å². The molecule has 0 unspecified atom stereocenters. The fourth-order valence-corrected chi connectivity index (χ4v) is 3.78. The van der Waals surface area contributed by atoms with Crippen LogP contribution < -0.4 is 8.92 Å². The summed E-state index contributed by atoms with van der Waals surface area (Å²) in [4.78, 5) is 0. The van der Waals surface area contributed by atoms with Crippen LogP contribution in [0.5, 0.6) is 17.2 Å². The minimum Gasteiger partial charge on any atom is -0.508 e. The van der Waals surface area contributed by atoms with Crippen molar-refractivity contribution < 1.29 is 22.4 Å². The first-order valence-electron chi connectivity index (χ1n) is 8.81. The van der Waals surface area contributed by atoms with Gasteiger partial charge in [-0.1, -0.05) is 37.6 Å². The van der Waals surface area contributed by atoms with Gasteiger partial charge >= 0.3 is 10.1 Å². The molecule has 0 amide bonds. The molecule has 0 spiro atoms. The molecule has 142 valence electrons. The maximum Gasteiger partial charge on any atom is 0.309 e. The van der Waals surface area contributed by atoms with Gasteiger partial charge in [0.25, 0.3) is 0 Å². The molecule has 0 aliphatic heterocycles. The molecule has 0 saturated heterocycles. The highest BCUT2D eigenvalue weighted by Gasteiger charge is 2.16. The number of phenols is 1. The second-order valence-corrected chi connectivity index (χ2v) is 7.86. The highest BCUT2D eigenvalue weighted by Crippen LogP contribution is 2.30. The fourth-order valence-electron chi connectivity index (χ4n) is 2.64. The van der Waals surface area contributed by atoms with Gasteiger partial charge in [-0.25, -0.2) is 0 Å². The molecule has 0 radical (unpaired) electrons. The first-order valence-corrected chi connectivity index (χ1v) is 10.4. The third kappa shape index (κ3) is 5.95. The summed E-state index contributed by atoms with van der Waals surface area (Å²) in [6.45, 7) is 1.93. The second-order valence-electron chi connectivity index (χ2n) is 6.17. The zero-order chi connectivity index (χ0) is 19.0. The molecule has 0 aromatic heterocycles. The lowest BCUT2D eigenvalue weighted by Crippen LogP contribution is -2.14. The van der Waals surface area contributed by atoms with Crippen LogP contribution in [-0.4, -0.2) is 26.4 Å². The number of phenolic OH excluding ortho intramolecular Hbond substituents is 1. The van der Waals surface area contributed by atoms with Crippen LogP contribution in [0, 0.1) is 0 Å². The summed E-state index contributed by atoms with van der Waals surface area (Å²) in [5, 5.41) is 9.80. The predicted octanol–water partition coefficient (Wildman–Crippen LogP) is 4.08. The lowest BCUT2D eigenvalue weighted by Gasteiger charge is -2.12. The summed E-state index contributed by atoms with van der Waals surface area (Å²) in [7, 11) is -2.12. The first-order chi connectivity index (χ1) is 12.4. The fraction of sp³-hybridized carbons (Fsp3) is 0.400. The molecule has 26 heavy (non-hydrogen) atoms. The Bertz CT molecular complexity index is 815. The third-order valence-corrected chi connectivity index (χ3v) is 5.32. The average Bonchev–Trinajstić information content (AvgIpc) is 2.62. The number of aryl methyl sites for hydroxylation is 2. The van der Waals surface area contributed by atoms with Gasteiger partial charge in [0.05, 0.1) is 12.9 Å². The number of aromatic hydroxyl groups is 1. The average molecular weight is 378 g/mol. The van der Waals surface area contributed by atoms with Crippen LogP contribution in [0.25, 0.3) is 0 Å². The molecule has 0 atom stereocenters. The van der Waals surface area contributed by atoms with Crippen molar-refractivity contribution in [1.82, 2.24) is 0 Å². The topological polar surface area (TPSA) is 72.8 Å². The lowest BCUT2D eigenvalue weighted by molar-refractivity contribution is 0.389. The Kier molecular flexibility index (Phi) is 7.33. The van der Waals surface area contributed by atoms with Gasteiger partial charge in [0.2, 0.25) is 0 Å². The van der Waals surface area contributed by atoms with E-state index < -0.39 is 10.1 Å². The van der Waals surface area contributed by atoms with E-state index in [0.29, 0.717) is 17.9 Å². The second kappa shape index (κ2) is 9.48. The molecule has 0 heterocycles. The predicted molar refractivity (Wildman–Crippen MR) is 102 cm³/mol. The van der Waals surface area contributed by atoms with Crippen molar-refractivity contribution >= 4 is 10.1 Å². The Morgan fingerprint density at radius 3 is 2.46 bits per heavy atom. The standard InChI is InChI=1S/C20H26O5S/c1-3-4-14-26(22,23)25-19-13-12-16(15-20(19)24-2)8-7-10-17-9-5-6-11-18(17)21/h5-6,9,11-13,15,21H,3-4,7-8,10,14H2,1-2H3. The number of benzene rings is 2. The number of para-hydroxylation sites is 1. The van der Waals surface area contributed by atoms with Crippen LogP contribution in [0.4, 0.5) is 0 Å². The van der Waals surface area contributed by atoms with E-state index in [1.54, 1.807) is 24.3 Å². The van der Waals surface area contributed by atoms with Crippen LogP contribution in [0.15, 0.2) is 42.5 Å². The number of rotatable bonds is 10. The number of hydrogen-bond donors (Lipinski definition) is 1. The van der Waals surface area contributed by atoms with Gasteiger partial charge < -0.3 is 14.0 Å². The minimum atomic E-state index is -3.61. The number of unbranched alkanes of at least 4 members (excludes halogenated alkanes) is 1. The Morgan fingerprint density at radius 1 is 1.00 bits per heavy atom. The van der Waals surface area contributed by atoms with E-state index in [-0.39, 0.29) is 11.5 Å². The van der Waals surface area contributed by atoms with Gasteiger partial charge in [-0.2, -0.15) is 8.42 Å². The molecule has 2 rings (SSSR count). The summed E-state index contributed by atoms with van der Waals surface area (Å²) in [5.41, 5.74) is 1.94. The Morgan fingerprint density at radius 2 is 1.77 bits per heavy atom. The zero-order valence-electron chi connectivity index (χ0n) is 15.3. The number of methoxy groups -OCH3 is 1. The van der Waals surface area contributed by atoms with E-state index in [2.05, 4.69) is 0 Å². The zero-order valence-corrected chi connectivity index (χ0v) is 16.1. The smallest absolute Gasteiger partial charge is 0.309 e. The molecule has 6 heteroatoms. The van der Waals surface area contributed by atoms with Crippen LogP contribution in [0.3, 0.4) is 0 Å². The Hall–Kier alpha value is -2.21. The van der Waals surface area contributed by atoms with Crippen LogP contribution in [0.1, 0.15) is 37.3 Å². The van der Waals surface area contributed by atoms with Crippen LogP contribution in [0.2, 0.25) is 0 Å². The van der Waals surface area contributed by atoms with Gasteiger partial charge in [0, 0.05) is 0 Å². The summed E-state index contributed by atoms with van der Waals surface area (Å²) in [5.74, 6) is 0.930. The molecule has 0 aliphatic carbocycles. The first kappa shape index (κ1) is 20.1. The highest BCUT2D eigenvalue weighted by molar-refractivity contribution is 7.87. The number of hydrogen-bond acceptors (Lipinski definition) is 5. The molecule has 0 bridgehead atoms. The van der Waals surface area contributed by atoms with E-state index >= 15 is 0 Å². The van der Waals surface area contributed by atoms with Crippen molar-refractivity contribution in [2.24, 2.45) is 0 Å². The molecular weight excluding hydrogens is 352 g/mol. The normalized spacial score (nSPS) is 11.3. The van der Waals surface area contributed by atoms with Crippen molar-refractivity contribution in [3.8, 4) is 17.2 Å². The summed E-state index contributed by atoms with van der Waals surface area (Å²) >= 11 is 0. The van der Waals surface area contributed by atoms with Gasteiger partial charge in [-0.15, -0.1) is 0 Å². The highest BCUT2D eigenvalue weighted by atomic mass is 32.2. The molecule has 2 aromatic rings. The lowest BCUT2D eigenvalue weighted by atomic mass is 10.0. The molecule has 2 aromatic carbocycles. The summed E-state index contributed by atoms with van der Waals surface area (Å²) in [6, 6.07) is 12.6. The molecule has 5 nitrogen and oxygen atoms in total. The van der Waals surface area contributed by atoms with Gasteiger partial charge in [-0.05, 0) is 55.0 Å². The van der Waals surface area contributed by atoms with E-state index in [9.17, 15) is 13.5 Å². The maximum atomic E-state index is 12.0. The van der Waals surface area contributed by atoms with E-state index in [1.165, 1.54) is 7.11 Å². The molecule has 0 fully saturated rings. The monoisotopic (exact) mass is 378 g/mol. The largest absolute Gasteiger partial charge is 0.508 e. The van der Waals surface area contributed by atoms with Crippen molar-refractivity contribution in [2.45, 2.75) is 39.0 Å². The van der Waals surface area contributed by atoms with E-state index in [1.807, 2.05) is 25.1 Å². The number of ether oxygens (including phenoxy) is 1. The maximum absolute atomic E-state index is 12.0. The van der Waals surface area contributed by atoms with Crippen LogP contribution >= 0.6 is 0 Å². The van der Waals surface area contributed by atoms with Gasteiger partial charge in [-0.3, -0.25) is 0 Å². The van der Waals surface area contributed by atoms with Crippen molar-refractivity contribution in [2.75, 3.05) is 12.9 Å². The van der Waals surface area contributed by atoms with Crippen molar-refractivity contribution in [1.29, 1.82) is 0 Å². The summed E-state index contributed by atoms with van der Waals surface area (Å²) < 4.78 is 34.4. The van der Waals surface area contributed by atoms with Gasteiger partial charge in [0.15, 0.2) is 11.5 Å². The Balaban J connectivity index is 2.00. The van der Waals surface area contributed by atoms with Crippen molar-refractivity contribution in [3.63, 3.8) is 0 Å². The van der Waals surface area contributed by atoms with Crippen LogP contribution in [-0.2, 0) is 23.0 Å². The van der Waals surface area contributed by atoms with E-state index in [0.717, 1.165) is 36.8 Å². The molecule has 0 aliphatic rings. The minimum absolute atomic E-state index is 0.00499. The van der Waals surface area contributed by atoms with Crippen molar-refractivity contribution in [3.05, 3.63) is 53.6 Å².